The van der Waals surface area contributed by atoms with Gasteiger partial charge in [-0.3, -0.25) is 0 Å². The fourth-order valence-electron chi connectivity index (χ4n) is 2.29. The molecule has 88 valence electrons. The Morgan fingerprint density at radius 2 is 2.44 bits per heavy atom. The van der Waals surface area contributed by atoms with Crippen molar-refractivity contribution in [3.8, 4) is 0 Å². The predicted molar refractivity (Wildman–Crippen MR) is 65.9 cm³/mol. The third-order valence-electron chi connectivity index (χ3n) is 3.09. The molecule has 1 N–H and O–H groups in total. The predicted octanol–water partition coefficient (Wildman–Crippen LogP) is 2.33. The van der Waals surface area contributed by atoms with E-state index < -0.39 is 0 Å². The SMILES string of the molecule is OCCC1CCCN(c2ncccc2Cl)C1. The van der Waals surface area contributed by atoms with Crippen molar-refractivity contribution in [2.24, 2.45) is 5.92 Å². The van der Waals surface area contributed by atoms with Crippen LogP contribution in [-0.2, 0) is 0 Å². The summed E-state index contributed by atoms with van der Waals surface area (Å²) in [6.45, 7) is 2.24. The van der Waals surface area contributed by atoms with Gasteiger partial charge in [-0.05, 0) is 37.3 Å². The molecule has 16 heavy (non-hydrogen) atoms. The van der Waals surface area contributed by atoms with Gasteiger partial charge in [-0.25, -0.2) is 4.98 Å². The molecule has 1 saturated heterocycles. The molecule has 0 spiro atoms. The first-order valence-corrected chi connectivity index (χ1v) is 6.15. The minimum Gasteiger partial charge on any atom is -0.396 e. The van der Waals surface area contributed by atoms with E-state index in [0.29, 0.717) is 10.9 Å². The van der Waals surface area contributed by atoms with Gasteiger partial charge in [-0.2, -0.15) is 0 Å². The van der Waals surface area contributed by atoms with Crippen molar-refractivity contribution in [2.45, 2.75) is 19.3 Å². The number of halogens is 1. The Bertz CT molecular complexity index is 344. The molecule has 3 nitrogen and oxygen atoms in total. The zero-order valence-electron chi connectivity index (χ0n) is 9.27. The van der Waals surface area contributed by atoms with Crippen molar-refractivity contribution < 1.29 is 5.11 Å². The molecule has 0 amide bonds. The van der Waals surface area contributed by atoms with Crippen LogP contribution < -0.4 is 4.90 Å². The number of pyridine rings is 1. The molecule has 2 heterocycles. The van der Waals surface area contributed by atoms with Crippen molar-refractivity contribution in [3.05, 3.63) is 23.4 Å². The van der Waals surface area contributed by atoms with Gasteiger partial charge in [0.15, 0.2) is 0 Å². The van der Waals surface area contributed by atoms with Gasteiger partial charge in [0.25, 0.3) is 0 Å². The Labute approximate surface area is 101 Å². The molecule has 2 rings (SSSR count). The first kappa shape index (κ1) is 11.7. The lowest BCUT2D eigenvalue weighted by Crippen LogP contribution is -2.36. The van der Waals surface area contributed by atoms with Gasteiger partial charge in [0, 0.05) is 25.9 Å². The number of aliphatic hydroxyl groups is 1. The molecule has 1 aliphatic heterocycles. The van der Waals surface area contributed by atoms with Crippen LogP contribution in [0.4, 0.5) is 5.82 Å². The lowest BCUT2D eigenvalue weighted by molar-refractivity contribution is 0.244. The largest absolute Gasteiger partial charge is 0.396 e. The maximum Gasteiger partial charge on any atom is 0.147 e. The summed E-state index contributed by atoms with van der Waals surface area (Å²) in [5.74, 6) is 1.45. The number of piperidine rings is 1. The first-order valence-electron chi connectivity index (χ1n) is 5.77. The van der Waals surface area contributed by atoms with Crippen molar-refractivity contribution >= 4 is 17.4 Å². The lowest BCUT2D eigenvalue weighted by Gasteiger charge is -2.33. The van der Waals surface area contributed by atoms with Gasteiger partial charge in [0.2, 0.25) is 0 Å². The molecule has 1 atom stereocenters. The highest BCUT2D eigenvalue weighted by Crippen LogP contribution is 2.28. The third-order valence-corrected chi connectivity index (χ3v) is 3.39. The summed E-state index contributed by atoms with van der Waals surface area (Å²) in [5.41, 5.74) is 0. The number of anilines is 1. The van der Waals surface area contributed by atoms with Crippen molar-refractivity contribution in [1.82, 2.24) is 4.98 Å². The summed E-state index contributed by atoms with van der Waals surface area (Å²) >= 11 is 6.13. The molecule has 1 fully saturated rings. The highest BCUT2D eigenvalue weighted by Gasteiger charge is 2.21. The van der Waals surface area contributed by atoms with Gasteiger partial charge in [-0.15, -0.1) is 0 Å². The molecule has 0 radical (unpaired) electrons. The smallest absolute Gasteiger partial charge is 0.147 e. The number of rotatable bonds is 3. The van der Waals surface area contributed by atoms with E-state index in [1.54, 1.807) is 6.20 Å². The van der Waals surface area contributed by atoms with E-state index in [0.717, 1.165) is 31.7 Å². The van der Waals surface area contributed by atoms with Crippen molar-refractivity contribution in [2.75, 3.05) is 24.6 Å². The summed E-state index contributed by atoms with van der Waals surface area (Å²) in [4.78, 5) is 6.56. The standard InChI is InChI=1S/C12H17ClN2O/c13-11-4-1-6-14-12(11)15-7-2-3-10(9-15)5-8-16/h1,4,6,10,16H,2-3,5,7-9H2. The summed E-state index contributed by atoms with van der Waals surface area (Å²) in [6, 6.07) is 3.72. The van der Waals surface area contributed by atoms with E-state index in [1.165, 1.54) is 6.42 Å². The molecule has 0 aromatic carbocycles. The molecule has 1 aromatic heterocycles. The molecule has 0 bridgehead atoms. The topological polar surface area (TPSA) is 36.4 Å². The van der Waals surface area contributed by atoms with Crippen LogP contribution in [0.5, 0.6) is 0 Å². The Morgan fingerprint density at radius 3 is 3.19 bits per heavy atom. The van der Waals surface area contributed by atoms with Crippen LogP contribution in [0.2, 0.25) is 5.02 Å². The average Bonchev–Trinajstić information content (AvgIpc) is 2.30. The Balaban J connectivity index is 2.07. The van der Waals surface area contributed by atoms with Crippen LogP contribution in [0, 0.1) is 5.92 Å². The second-order valence-electron chi connectivity index (χ2n) is 4.28. The molecular weight excluding hydrogens is 224 g/mol. The molecule has 1 aromatic rings. The molecule has 0 saturated carbocycles. The molecule has 0 aliphatic carbocycles. The highest BCUT2D eigenvalue weighted by atomic mass is 35.5. The first-order chi connectivity index (χ1) is 7.81. The highest BCUT2D eigenvalue weighted by molar-refractivity contribution is 6.32. The minimum absolute atomic E-state index is 0.272. The van der Waals surface area contributed by atoms with Gasteiger partial charge in [0.05, 0.1) is 5.02 Å². The van der Waals surface area contributed by atoms with E-state index in [2.05, 4.69) is 9.88 Å². The van der Waals surface area contributed by atoms with Crippen LogP contribution in [0.25, 0.3) is 0 Å². The summed E-state index contributed by atoms with van der Waals surface area (Å²) < 4.78 is 0. The number of aromatic nitrogens is 1. The second-order valence-corrected chi connectivity index (χ2v) is 4.68. The van der Waals surface area contributed by atoms with E-state index in [1.807, 2.05) is 12.1 Å². The summed E-state index contributed by atoms with van der Waals surface area (Å²) in [6.07, 6.45) is 5.00. The molecule has 1 aliphatic rings. The fourth-order valence-corrected chi connectivity index (χ4v) is 2.53. The quantitative estimate of drug-likeness (QED) is 0.881. The molecule has 4 heteroatoms. The molecule has 1 unspecified atom stereocenters. The van der Waals surface area contributed by atoms with Gasteiger partial charge in [-0.1, -0.05) is 11.6 Å². The zero-order chi connectivity index (χ0) is 11.4. The molecular formula is C12H17ClN2O. The minimum atomic E-state index is 0.272. The number of nitrogens with zero attached hydrogens (tertiary/aromatic N) is 2. The Kier molecular flexibility index (Phi) is 4.02. The van der Waals surface area contributed by atoms with Crippen LogP contribution in [0.1, 0.15) is 19.3 Å². The fraction of sp³-hybridized carbons (Fsp3) is 0.583. The zero-order valence-corrected chi connectivity index (χ0v) is 10.0. The van der Waals surface area contributed by atoms with E-state index in [-0.39, 0.29) is 6.61 Å². The van der Waals surface area contributed by atoms with Gasteiger partial charge >= 0.3 is 0 Å². The van der Waals surface area contributed by atoms with E-state index >= 15 is 0 Å². The number of aliphatic hydroxyl groups excluding tert-OH is 1. The summed E-state index contributed by atoms with van der Waals surface area (Å²) in [7, 11) is 0. The second kappa shape index (κ2) is 5.51. The van der Waals surface area contributed by atoms with Crippen molar-refractivity contribution in [3.63, 3.8) is 0 Å². The summed E-state index contributed by atoms with van der Waals surface area (Å²) in [5, 5.41) is 9.68. The maximum atomic E-state index is 8.97. The van der Waals surface area contributed by atoms with Crippen LogP contribution >= 0.6 is 11.6 Å². The average molecular weight is 241 g/mol. The van der Waals surface area contributed by atoms with Crippen molar-refractivity contribution in [1.29, 1.82) is 0 Å². The Hall–Kier alpha value is -0.800. The van der Waals surface area contributed by atoms with Gasteiger partial charge in [0.1, 0.15) is 5.82 Å². The number of hydrogen-bond acceptors (Lipinski definition) is 3. The van der Waals surface area contributed by atoms with Crippen LogP contribution in [0.15, 0.2) is 18.3 Å². The normalized spacial score (nSPS) is 21.1. The number of hydrogen-bond donors (Lipinski definition) is 1. The van der Waals surface area contributed by atoms with Crippen LogP contribution in [0.3, 0.4) is 0 Å². The van der Waals surface area contributed by atoms with E-state index in [4.69, 9.17) is 16.7 Å². The van der Waals surface area contributed by atoms with E-state index in [9.17, 15) is 0 Å². The van der Waals surface area contributed by atoms with Crippen LogP contribution in [-0.4, -0.2) is 29.8 Å². The lowest BCUT2D eigenvalue weighted by atomic mass is 9.95. The Morgan fingerprint density at radius 1 is 1.56 bits per heavy atom. The maximum absolute atomic E-state index is 8.97. The monoisotopic (exact) mass is 240 g/mol. The van der Waals surface area contributed by atoms with Gasteiger partial charge < -0.3 is 10.0 Å². The third kappa shape index (κ3) is 2.66.